The zero-order valence-corrected chi connectivity index (χ0v) is 11.4. The van der Waals surface area contributed by atoms with Gasteiger partial charge in [0.15, 0.2) is 17.0 Å². The molecule has 0 bridgehead atoms. The molecule has 2 aromatic heterocycles. The van der Waals surface area contributed by atoms with Crippen molar-refractivity contribution in [3.8, 4) is 0 Å². The van der Waals surface area contributed by atoms with Gasteiger partial charge in [-0.1, -0.05) is 0 Å². The number of aliphatic hydroxyl groups excluding tert-OH is 2. The lowest BCUT2D eigenvalue weighted by molar-refractivity contribution is -0.0488. The second-order valence-electron chi connectivity index (χ2n) is 4.07. The third-order valence-electron chi connectivity index (χ3n) is 2.78. The number of nitrogens with one attached hydrogen (secondary N) is 2. The first-order chi connectivity index (χ1) is 9.73. The van der Waals surface area contributed by atoms with Crippen LogP contribution >= 0.6 is 0 Å². The number of hydrogen-bond donors (Lipinski definition) is 4. The van der Waals surface area contributed by atoms with Gasteiger partial charge in [0.25, 0.3) is 0 Å². The van der Waals surface area contributed by atoms with Gasteiger partial charge in [0.2, 0.25) is 5.95 Å². The van der Waals surface area contributed by atoms with Crippen LogP contribution in [-0.4, -0.2) is 63.1 Å². The summed E-state index contributed by atoms with van der Waals surface area (Å²) in [5, 5.41) is 23.8. The van der Waals surface area contributed by atoms with Crippen LogP contribution in [0.15, 0.2) is 6.33 Å². The molecule has 0 aromatic carbocycles. The Bertz CT molecular complexity index is 569. The Morgan fingerprint density at radius 3 is 2.60 bits per heavy atom. The number of ether oxygens (including phenoxy) is 1. The van der Waals surface area contributed by atoms with Crippen molar-refractivity contribution in [3.05, 3.63) is 6.33 Å². The Labute approximate surface area is 115 Å². The highest BCUT2D eigenvalue weighted by atomic mass is 16.5. The second kappa shape index (κ2) is 6.46. The summed E-state index contributed by atoms with van der Waals surface area (Å²) in [7, 11) is 3.48. The van der Waals surface area contributed by atoms with E-state index in [-0.39, 0.29) is 19.9 Å². The smallest absolute Gasteiger partial charge is 0.226 e. The molecule has 4 N–H and O–H groups in total. The first-order valence-electron chi connectivity index (χ1n) is 6.15. The fraction of sp³-hybridized carbons (Fsp3) is 0.545. The summed E-state index contributed by atoms with van der Waals surface area (Å²) < 4.78 is 7.04. The lowest BCUT2D eigenvalue weighted by atomic mass is 10.4. The van der Waals surface area contributed by atoms with Crippen molar-refractivity contribution >= 4 is 22.9 Å². The maximum absolute atomic E-state index is 8.98. The summed E-state index contributed by atoms with van der Waals surface area (Å²) in [5.41, 5.74) is 1.22. The van der Waals surface area contributed by atoms with Crippen molar-refractivity contribution in [1.82, 2.24) is 19.5 Å². The van der Waals surface area contributed by atoms with Crippen molar-refractivity contribution in [3.63, 3.8) is 0 Å². The molecule has 0 saturated carbocycles. The van der Waals surface area contributed by atoms with E-state index in [4.69, 9.17) is 14.9 Å². The highest BCUT2D eigenvalue weighted by molar-refractivity contribution is 5.84. The molecule has 9 heteroatoms. The number of aromatic nitrogens is 4. The molecule has 2 rings (SSSR count). The van der Waals surface area contributed by atoms with Gasteiger partial charge in [-0.2, -0.15) is 9.97 Å². The zero-order chi connectivity index (χ0) is 14.5. The Hall–Kier alpha value is -1.97. The quantitative estimate of drug-likeness (QED) is 0.523. The Morgan fingerprint density at radius 2 is 2.00 bits per heavy atom. The van der Waals surface area contributed by atoms with Crippen molar-refractivity contribution in [2.24, 2.45) is 0 Å². The summed E-state index contributed by atoms with van der Waals surface area (Å²) in [5.74, 6) is 1.07. The van der Waals surface area contributed by atoms with E-state index in [1.165, 1.54) is 0 Å². The molecule has 20 heavy (non-hydrogen) atoms. The monoisotopic (exact) mass is 282 g/mol. The SMILES string of the molecule is CNc1nc(NC)c2ncn(COC(CO)CO)c2n1. The summed E-state index contributed by atoms with van der Waals surface area (Å²) in [6.07, 6.45) is 0.952. The lowest BCUT2D eigenvalue weighted by Crippen LogP contribution is -2.23. The highest BCUT2D eigenvalue weighted by Gasteiger charge is 2.13. The molecule has 0 aliphatic carbocycles. The van der Waals surface area contributed by atoms with Crippen LogP contribution < -0.4 is 10.6 Å². The summed E-state index contributed by atoms with van der Waals surface area (Å²) in [6.45, 7) is -0.366. The molecule has 0 saturated heterocycles. The number of nitrogens with zero attached hydrogens (tertiary/aromatic N) is 4. The second-order valence-corrected chi connectivity index (χ2v) is 4.07. The molecule has 9 nitrogen and oxygen atoms in total. The van der Waals surface area contributed by atoms with E-state index >= 15 is 0 Å². The normalized spacial score (nSPS) is 11.2. The third kappa shape index (κ3) is 2.79. The maximum Gasteiger partial charge on any atom is 0.226 e. The van der Waals surface area contributed by atoms with Gasteiger partial charge in [-0.3, -0.25) is 4.57 Å². The number of aliphatic hydroxyl groups is 2. The van der Waals surface area contributed by atoms with Gasteiger partial charge in [0, 0.05) is 14.1 Å². The van der Waals surface area contributed by atoms with E-state index in [0.717, 1.165) is 0 Å². The third-order valence-corrected chi connectivity index (χ3v) is 2.78. The predicted octanol–water partition coefficient (Wildman–Crippen LogP) is -0.763. The van der Waals surface area contributed by atoms with Crippen LogP contribution in [0.3, 0.4) is 0 Å². The topological polar surface area (TPSA) is 117 Å². The summed E-state index contributed by atoms with van der Waals surface area (Å²) >= 11 is 0. The Kier molecular flexibility index (Phi) is 4.66. The van der Waals surface area contributed by atoms with Crippen LogP contribution in [0, 0.1) is 0 Å². The van der Waals surface area contributed by atoms with E-state index in [2.05, 4.69) is 25.6 Å². The van der Waals surface area contributed by atoms with E-state index < -0.39 is 6.10 Å². The lowest BCUT2D eigenvalue weighted by Gasteiger charge is -2.13. The molecule has 110 valence electrons. The van der Waals surface area contributed by atoms with Crippen LogP contribution in [0.2, 0.25) is 0 Å². The summed E-state index contributed by atoms with van der Waals surface area (Å²) in [4.78, 5) is 12.8. The molecule has 0 unspecified atom stereocenters. The van der Waals surface area contributed by atoms with Crippen LogP contribution in [0.5, 0.6) is 0 Å². The van der Waals surface area contributed by atoms with Gasteiger partial charge in [-0.15, -0.1) is 0 Å². The molecule has 0 radical (unpaired) electrons. The first kappa shape index (κ1) is 14.4. The van der Waals surface area contributed by atoms with Gasteiger partial charge in [0.05, 0.1) is 19.5 Å². The van der Waals surface area contributed by atoms with E-state index in [1.807, 2.05) is 0 Å². The average Bonchev–Trinajstić information content (AvgIpc) is 2.90. The van der Waals surface area contributed by atoms with Crippen molar-refractivity contribution in [2.45, 2.75) is 12.8 Å². The maximum atomic E-state index is 8.98. The molecule has 0 atom stereocenters. The number of anilines is 2. The molecule has 2 heterocycles. The number of rotatable bonds is 7. The van der Waals surface area contributed by atoms with E-state index in [9.17, 15) is 0 Å². The number of imidazole rings is 1. The van der Waals surface area contributed by atoms with Gasteiger partial charge in [-0.25, -0.2) is 4.98 Å². The van der Waals surface area contributed by atoms with Crippen molar-refractivity contribution < 1.29 is 14.9 Å². The minimum absolute atomic E-state index is 0.131. The van der Waals surface area contributed by atoms with Gasteiger partial charge in [0.1, 0.15) is 12.8 Å². The van der Waals surface area contributed by atoms with Gasteiger partial charge < -0.3 is 25.6 Å². The molecule has 0 spiro atoms. The first-order valence-corrected chi connectivity index (χ1v) is 6.15. The zero-order valence-electron chi connectivity index (χ0n) is 11.4. The molecular formula is C11H18N6O3. The molecule has 2 aromatic rings. The van der Waals surface area contributed by atoms with Crippen LogP contribution in [0.1, 0.15) is 0 Å². The number of hydrogen-bond acceptors (Lipinski definition) is 8. The minimum Gasteiger partial charge on any atom is -0.394 e. The molecular weight excluding hydrogens is 264 g/mol. The highest BCUT2D eigenvalue weighted by Crippen LogP contribution is 2.20. The van der Waals surface area contributed by atoms with Crippen LogP contribution in [0.25, 0.3) is 11.2 Å². The average molecular weight is 282 g/mol. The van der Waals surface area contributed by atoms with E-state index in [0.29, 0.717) is 22.9 Å². The fourth-order valence-corrected chi connectivity index (χ4v) is 1.67. The number of fused-ring (bicyclic) bond motifs is 1. The molecule has 0 amide bonds. The van der Waals surface area contributed by atoms with E-state index in [1.54, 1.807) is 25.0 Å². The molecule has 0 aliphatic rings. The molecule has 0 aliphatic heterocycles. The molecule has 0 fully saturated rings. The largest absolute Gasteiger partial charge is 0.394 e. The standard InChI is InChI=1S/C11H18N6O3/c1-12-9-8-10(16-11(13-2)15-9)17(5-14-8)6-20-7(3-18)4-19/h5,7,18-19H,3-4,6H2,1-2H3,(H2,12,13,15,16). The Morgan fingerprint density at radius 1 is 1.25 bits per heavy atom. The van der Waals surface area contributed by atoms with Crippen LogP contribution in [-0.2, 0) is 11.5 Å². The van der Waals surface area contributed by atoms with Crippen molar-refractivity contribution in [2.75, 3.05) is 37.9 Å². The minimum atomic E-state index is -0.623. The summed E-state index contributed by atoms with van der Waals surface area (Å²) in [6, 6.07) is 0. The van der Waals surface area contributed by atoms with Crippen LogP contribution in [0.4, 0.5) is 11.8 Å². The predicted molar refractivity (Wildman–Crippen MR) is 73.5 cm³/mol. The Balaban J connectivity index is 2.30. The van der Waals surface area contributed by atoms with Crippen molar-refractivity contribution in [1.29, 1.82) is 0 Å². The van der Waals surface area contributed by atoms with Gasteiger partial charge >= 0.3 is 0 Å². The fourth-order valence-electron chi connectivity index (χ4n) is 1.67. The van der Waals surface area contributed by atoms with Gasteiger partial charge in [-0.05, 0) is 0 Å².